The van der Waals surface area contributed by atoms with Gasteiger partial charge in [-0.1, -0.05) is 95.6 Å². The van der Waals surface area contributed by atoms with Crippen molar-refractivity contribution in [2.75, 3.05) is 0 Å². The molecule has 300 valence electrons. The van der Waals surface area contributed by atoms with Crippen molar-refractivity contribution in [3.8, 4) is 57.1 Å². The fourth-order valence-corrected chi connectivity index (χ4v) is 8.56. The van der Waals surface area contributed by atoms with E-state index in [0.29, 0.717) is 11.5 Å². The maximum absolute atomic E-state index is 6.65. The molecule has 0 bridgehead atoms. The summed E-state index contributed by atoms with van der Waals surface area (Å²) in [5, 5.41) is 6.71. The summed E-state index contributed by atoms with van der Waals surface area (Å²) >= 11 is 0. The second-order valence-corrected chi connectivity index (χ2v) is 17.8. The second-order valence-electron chi connectivity index (χ2n) is 17.8. The topological polar surface area (TPSA) is 63.3 Å². The molecular formula is C52H41BN4O3Pt. The van der Waals surface area contributed by atoms with Crippen LogP contribution < -0.4 is 30.6 Å². The molecule has 0 radical (unpaired) electrons. The van der Waals surface area contributed by atoms with E-state index in [1.165, 1.54) is 5.56 Å². The Hall–Kier alpha value is -6.37. The normalized spacial score (nSPS) is 12.9. The number of pyridine rings is 1. The molecule has 2 aliphatic rings. The summed E-state index contributed by atoms with van der Waals surface area (Å²) in [5.41, 5.74) is 10.3. The maximum atomic E-state index is 6.65. The van der Waals surface area contributed by atoms with Gasteiger partial charge in [0, 0.05) is 34.9 Å². The molecule has 0 spiro atoms. The SMILES string of the molecule is CC(C)(C)c1ccnc(-n2c3[c-]c(Oc4[c-]c(-n5cc(C(C)(C)C)cn5)ccc4)ccc3c3cc(-c4cc5c6c(c4)Oc4ccccc4B6c4ccccc4O5)ccc32)c1.[Pt+2]. The van der Waals surface area contributed by atoms with Gasteiger partial charge < -0.3 is 18.8 Å². The summed E-state index contributed by atoms with van der Waals surface area (Å²) in [7, 11) is 0. The van der Waals surface area contributed by atoms with Crippen LogP contribution in [0.5, 0.6) is 34.5 Å². The molecule has 11 rings (SSSR count). The third kappa shape index (κ3) is 6.65. The van der Waals surface area contributed by atoms with Crippen molar-refractivity contribution < 1.29 is 35.3 Å². The van der Waals surface area contributed by atoms with Gasteiger partial charge in [0.15, 0.2) is 0 Å². The average molecular weight is 976 g/mol. The van der Waals surface area contributed by atoms with Gasteiger partial charge in [-0.2, -0.15) is 17.2 Å². The molecule has 0 amide bonds. The number of ether oxygens (including phenoxy) is 3. The molecule has 9 aromatic rings. The van der Waals surface area contributed by atoms with Crippen LogP contribution in [0.3, 0.4) is 0 Å². The van der Waals surface area contributed by atoms with Crippen molar-refractivity contribution in [3.63, 3.8) is 0 Å². The molecule has 0 saturated carbocycles. The zero-order valence-corrected chi connectivity index (χ0v) is 37.0. The van der Waals surface area contributed by atoms with Gasteiger partial charge in [0.1, 0.15) is 28.8 Å². The third-order valence-corrected chi connectivity index (χ3v) is 11.8. The summed E-state index contributed by atoms with van der Waals surface area (Å²) in [5.74, 6) is 5.31. The fourth-order valence-electron chi connectivity index (χ4n) is 8.56. The van der Waals surface area contributed by atoms with Gasteiger partial charge in [0.2, 0.25) is 0 Å². The van der Waals surface area contributed by atoms with Crippen LogP contribution >= 0.6 is 0 Å². The molecule has 0 saturated heterocycles. The van der Waals surface area contributed by atoms with E-state index in [4.69, 9.17) is 19.2 Å². The molecule has 61 heavy (non-hydrogen) atoms. The number of para-hydroxylation sites is 2. The molecule has 3 aromatic heterocycles. The van der Waals surface area contributed by atoms with Gasteiger partial charge in [-0.25, -0.2) is 4.98 Å². The van der Waals surface area contributed by atoms with Crippen LogP contribution in [0, 0.1) is 12.1 Å². The minimum Gasteiger partial charge on any atom is -0.509 e. The third-order valence-electron chi connectivity index (χ3n) is 11.8. The molecule has 0 aliphatic carbocycles. The Morgan fingerprint density at radius 3 is 2.00 bits per heavy atom. The molecule has 0 atom stereocenters. The summed E-state index contributed by atoms with van der Waals surface area (Å²) in [4.78, 5) is 4.93. The van der Waals surface area contributed by atoms with E-state index in [2.05, 4.69) is 148 Å². The second kappa shape index (κ2) is 14.4. The number of benzene rings is 6. The van der Waals surface area contributed by atoms with E-state index < -0.39 is 0 Å². The molecular weight excluding hydrogens is 934 g/mol. The van der Waals surface area contributed by atoms with E-state index in [-0.39, 0.29) is 38.6 Å². The molecule has 2 aliphatic heterocycles. The van der Waals surface area contributed by atoms with Crippen molar-refractivity contribution in [3.05, 3.63) is 163 Å². The number of hydrogen-bond acceptors (Lipinski definition) is 5. The van der Waals surface area contributed by atoms with Crippen molar-refractivity contribution in [2.45, 2.75) is 52.4 Å². The van der Waals surface area contributed by atoms with Crippen molar-refractivity contribution in [1.29, 1.82) is 0 Å². The van der Waals surface area contributed by atoms with E-state index in [1.807, 2.05) is 59.7 Å². The Kier molecular flexibility index (Phi) is 9.15. The average Bonchev–Trinajstić information content (AvgIpc) is 3.87. The first kappa shape index (κ1) is 38.8. The van der Waals surface area contributed by atoms with Gasteiger partial charge in [0.25, 0.3) is 6.71 Å². The summed E-state index contributed by atoms with van der Waals surface area (Å²) in [6, 6.07) is 48.8. The van der Waals surface area contributed by atoms with E-state index >= 15 is 0 Å². The minimum atomic E-state index is -0.0679. The van der Waals surface area contributed by atoms with Crippen LogP contribution in [0.2, 0.25) is 0 Å². The quantitative estimate of drug-likeness (QED) is 0.127. The monoisotopic (exact) mass is 975 g/mol. The number of nitrogens with zero attached hydrogens (tertiary/aromatic N) is 4. The Labute approximate surface area is 370 Å². The Bertz CT molecular complexity index is 3120. The summed E-state index contributed by atoms with van der Waals surface area (Å²) < 4.78 is 23.8. The molecule has 0 unspecified atom stereocenters. The van der Waals surface area contributed by atoms with Crippen LogP contribution in [0.25, 0.3) is 44.4 Å². The van der Waals surface area contributed by atoms with Crippen LogP contribution in [-0.4, -0.2) is 26.0 Å². The molecule has 5 heterocycles. The first-order valence-electron chi connectivity index (χ1n) is 20.4. The largest absolute Gasteiger partial charge is 2.00 e. The smallest absolute Gasteiger partial charge is 0.509 e. The summed E-state index contributed by atoms with van der Waals surface area (Å²) in [6.07, 6.45) is 5.85. The number of hydrogen-bond donors (Lipinski definition) is 0. The Morgan fingerprint density at radius 1 is 0.623 bits per heavy atom. The Balaban J connectivity index is 0.00000445. The molecule has 7 nitrogen and oxygen atoms in total. The zero-order chi connectivity index (χ0) is 40.9. The van der Waals surface area contributed by atoms with Crippen LogP contribution in [0.1, 0.15) is 52.7 Å². The zero-order valence-electron chi connectivity index (χ0n) is 34.7. The molecule has 9 heteroatoms. The van der Waals surface area contributed by atoms with Crippen LogP contribution in [0.4, 0.5) is 0 Å². The van der Waals surface area contributed by atoms with E-state index in [0.717, 1.165) is 89.4 Å². The fraction of sp³-hybridized carbons (Fsp3) is 0.154. The van der Waals surface area contributed by atoms with Gasteiger partial charge in [-0.3, -0.25) is 4.68 Å². The first-order valence-corrected chi connectivity index (χ1v) is 20.4. The Morgan fingerprint density at radius 2 is 1.31 bits per heavy atom. The molecule has 0 fully saturated rings. The molecule has 0 N–H and O–H groups in total. The van der Waals surface area contributed by atoms with Crippen LogP contribution in [-0.2, 0) is 31.9 Å². The predicted molar refractivity (Wildman–Crippen MR) is 240 cm³/mol. The first-order chi connectivity index (χ1) is 29.0. The van der Waals surface area contributed by atoms with E-state index in [9.17, 15) is 0 Å². The predicted octanol–water partition coefficient (Wildman–Crippen LogP) is 10.7. The van der Waals surface area contributed by atoms with Crippen molar-refractivity contribution in [2.24, 2.45) is 0 Å². The van der Waals surface area contributed by atoms with Gasteiger partial charge in [0.05, 0.1) is 6.20 Å². The van der Waals surface area contributed by atoms with Gasteiger partial charge in [-0.05, 0) is 97.5 Å². The van der Waals surface area contributed by atoms with Crippen LogP contribution in [0.15, 0.2) is 140 Å². The standard InChI is InChI=1S/C52H41BN4O3.Pt/c1-51(2,3)34-22-23-54-49(27-34)57-43-21-18-32(33-25-47-50-48(26-33)60-46-17-10-8-15-42(46)53(50)41-14-7-9-16-45(41)59-47)24-40(43)39-20-19-38(29-44(39)57)58-37-13-11-12-36(28-37)56-31-35(30-55-56)52(4,5)6;/h7-27,30-31H,1-6H3;/q-2;+2. The number of fused-ring (bicyclic) bond motifs is 7. The van der Waals surface area contributed by atoms with Crippen molar-refractivity contribution >= 4 is 44.9 Å². The van der Waals surface area contributed by atoms with E-state index in [1.54, 1.807) is 0 Å². The van der Waals surface area contributed by atoms with Crippen molar-refractivity contribution in [1.82, 2.24) is 19.3 Å². The van der Waals surface area contributed by atoms with Gasteiger partial charge >= 0.3 is 21.1 Å². The maximum Gasteiger partial charge on any atom is 2.00 e. The minimum absolute atomic E-state index is 0. The van der Waals surface area contributed by atoms with Gasteiger partial charge in [-0.15, -0.1) is 35.7 Å². The molecule has 6 aromatic carbocycles. The summed E-state index contributed by atoms with van der Waals surface area (Å²) in [6.45, 7) is 13.2. The number of rotatable bonds is 5. The number of aromatic nitrogens is 4.